The third kappa shape index (κ3) is 2.88. The Labute approximate surface area is 101 Å². The molecule has 1 aromatic carbocycles. The van der Waals surface area contributed by atoms with Gasteiger partial charge in [-0.25, -0.2) is 0 Å². The van der Waals surface area contributed by atoms with Crippen LogP contribution in [-0.4, -0.2) is 20.2 Å². The lowest BCUT2D eigenvalue weighted by Gasteiger charge is -2.15. The molecule has 0 saturated carbocycles. The second kappa shape index (κ2) is 5.05. The maximum atomic E-state index is 4.13. The Morgan fingerprint density at radius 2 is 2.12 bits per heavy atom. The number of benzene rings is 1. The number of hydrogen-bond donors (Lipinski definition) is 1. The summed E-state index contributed by atoms with van der Waals surface area (Å²) in [4.78, 5) is 1.47. The Morgan fingerprint density at radius 1 is 1.35 bits per heavy atom. The molecule has 0 radical (unpaired) electrons. The number of aromatic nitrogens is 4. The Morgan fingerprint density at radius 3 is 2.76 bits per heavy atom. The smallest absolute Gasteiger partial charge is 0.188 e. The summed E-state index contributed by atoms with van der Waals surface area (Å²) in [6.45, 7) is 4.89. The van der Waals surface area contributed by atoms with Gasteiger partial charge in [-0.3, -0.25) is 0 Å². The van der Waals surface area contributed by atoms with Crippen LogP contribution in [0.15, 0.2) is 24.3 Å². The van der Waals surface area contributed by atoms with Gasteiger partial charge in [0.05, 0.1) is 13.6 Å². The molecule has 0 aliphatic heterocycles. The summed E-state index contributed by atoms with van der Waals surface area (Å²) in [6.07, 6.45) is 0. The molecular formula is C12H17N5. The van der Waals surface area contributed by atoms with Crippen molar-refractivity contribution >= 4 is 0 Å². The minimum absolute atomic E-state index is 0.278. The average Bonchev–Trinajstić information content (AvgIpc) is 2.73. The van der Waals surface area contributed by atoms with E-state index in [0.29, 0.717) is 12.4 Å². The first-order chi connectivity index (χ1) is 8.16. The standard InChI is InChI=1S/C12H17N5/c1-9-6-4-5-7-11(9)10(2)13-8-12-14-16-17(3)15-12/h4-7,10,13H,8H2,1-3H3/t10-/m1/s1. The van der Waals surface area contributed by atoms with E-state index in [-0.39, 0.29) is 6.04 Å². The highest BCUT2D eigenvalue weighted by molar-refractivity contribution is 5.28. The molecule has 0 saturated heterocycles. The first-order valence-electron chi connectivity index (χ1n) is 5.68. The topological polar surface area (TPSA) is 55.6 Å². The van der Waals surface area contributed by atoms with Gasteiger partial charge in [0.1, 0.15) is 0 Å². The maximum Gasteiger partial charge on any atom is 0.188 e. The number of aryl methyl sites for hydroxylation is 2. The van der Waals surface area contributed by atoms with E-state index < -0.39 is 0 Å². The first kappa shape index (κ1) is 11.7. The summed E-state index contributed by atoms with van der Waals surface area (Å²) in [5.74, 6) is 0.716. The van der Waals surface area contributed by atoms with Crippen molar-refractivity contribution in [2.24, 2.45) is 7.05 Å². The predicted octanol–water partition coefficient (Wildman–Crippen LogP) is 1.37. The summed E-state index contributed by atoms with van der Waals surface area (Å²) in [5.41, 5.74) is 2.59. The van der Waals surface area contributed by atoms with Crippen LogP contribution in [0.3, 0.4) is 0 Å². The summed E-state index contributed by atoms with van der Waals surface area (Å²) in [7, 11) is 1.77. The molecule has 0 aliphatic rings. The molecule has 0 aliphatic carbocycles. The van der Waals surface area contributed by atoms with E-state index in [9.17, 15) is 0 Å². The maximum absolute atomic E-state index is 4.13. The van der Waals surface area contributed by atoms with E-state index in [0.717, 1.165) is 0 Å². The number of nitrogens with zero attached hydrogens (tertiary/aromatic N) is 4. The zero-order valence-corrected chi connectivity index (χ0v) is 10.4. The minimum atomic E-state index is 0.278. The van der Waals surface area contributed by atoms with Crippen molar-refractivity contribution in [1.29, 1.82) is 0 Å². The molecule has 0 bridgehead atoms. The molecule has 90 valence electrons. The highest BCUT2D eigenvalue weighted by Gasteiger charge is 2.08. The Hall–Kier alpha value is -1.75. The third-order valence-corrected chi connectivity index (χ3v) is 2.77. The molecule has 17 heavy (non-hydrogen) atoms. The summed E-state index contributed by atoms with van der Waals surface area (Å²) >= 11 is 0. The van der Waals surface area contributed by atoms with Crippen LogP contribution in [0, 0.1) is 6.92 Å². The van der Waals surface area contributed by atoms with Gasteiger partial charge in [-0.15, -0.1) is 10.2 Å². The molecule has 5 heteroatoms. The predicted molar refractivity (Wildman–Crippen MR) is 65.2 cm³/mol. The van der Waals surface area contributed by atoms with Crippen LogP contribution in [0.5, 0.6) is 0 Å². The molecule has 0 amide bonds. The van der Waals surface area contributed by atoms with Gasteiger partial charge in [-0.05, 0) is 30.2 Å². The lowest BCUT2D eigenvalue weighted by molar-refractivity contribution is 0.553. The fourth-order valence-electron chi connectivity index (χ4n) is 1.82. The molecule has 1 atom stereocenters. The quantitative estimate of drug-likeness (QED) is 0.863. The molecule has 2 aromatic rings. The van der Waals surface area contributed by atoms with Crippen molar-refractivity contribution in [2.45, 2.75) is 26.4 Å². The molecular weight excluding hydrogens is 214 g/mol. The van der Waals surface area contributed by atoms with Crippen LogP contribution in [0.1, 0.15) is 29.9 Å². The van der Waals surface area contributed by atoms with E-state index in [1.54, 1.807) is 7.05 Å². The van der Waals surface area contributed by atoms with Crippen molar-refractivity contribution in [3.05, 3.63) is 41.2 Å². The molecule has 2 rings (SSSR count). The van der Waals surface area contributed by atoms with Gasteiger partial charge in [-0.2, -0.15) is 4.80 Å². The van der Waals surface area contributed by atoms with Crippen LogP contribution >= 0.6 is 0 Å². The molecule has 1 aromatic heterocycles. The van der Waals surface area contributed by atoms with E-state index in [1.165, 1.54) is 15.9 Å². The van der Waals surface area contributed by atoms with E-state index in [4.69, 9.17) is 0 Å². The number of tetrazole rings is 1. The van der Waals surface area contributed by atoms with Crippen molar-refractivity contribution in [1.82, 2.24) is 25.5 Å². The zero-order valence-electron chi connectivity index (χ0n) is 10.4. The van der Waals surface area contributed by atoms with Crippen LogP contribution in [0.4, 0.5) is 0 Å². The largest absolute Gasteiger partial charge is 0.303 e. The molecule has 1 heterocycles. The van der Waals surface area contributed by atoms with Gasteiger partial charge in [0.25, 0.3) is 0 Å². The second-order valence-corrected chi connectivity index (χ2v) is 4.15. The van der Waals surface area contributed by atoms with Crippen LogP contribution < -0.4 is 5.32 Å². The van der Waals surface area contributed by atoms with Gasteiger partial charge >= 0.3 is 0 Å². The van der Waals surface area contributed by atoms with Gasteiger partial charge < -0.3 is 5.32 Å². The Balaban J connectivity index is 1.98. The molecule has 0 spiro atoms. The van der Waals surface area contributed by atoms with Gasteiger partial charge in [0.15, 0.2) is 5.82 Å². The van der Waals surface area contributed by atoms with Gasteiger partial charge in [0, 0.05) is 6.04 Å². The summed E-state index contributed by atoms with van der Waals surface area (Å²) in [6, 6.07) is 8.64. The highest BCUT2D eigenvalue weighted by Crippen LogP contribution is 2.16. The zero-order chi connectivity index (χ0) is 12.3. The molecule has 0 fully saturated rings. The van der Waals surface area contributed by atoms with Crippen molar-refractivity contribution in [3.63, 3.8) is 0 Å². The van der Waals surface area contributed by atoms with Crippen molar-refractivity contribution < 1.29 is 0 Å². The van der Waals surface area contributed by atoms with E-state index in [2.05, 4.69) is 58.8 Å². The number of hydrogen-bond acceptors (Lipinski definition) is 4. The van der Waals surface area contributed by atoms with Gasteiger partial charge in [0.2, 0.25) is 0 Å². The van der Waals surface area contributed by atoms with Crippen molar-refractivity contribution in [2.75, 3.05) is 0 Å². The molecule has 5 nitrogen and oxygen atoms in total. The van der Waals surface area contributed by atoms with E-state index in [1.807, 2.05) is 0 Å². The molecule has 0 unspecified atom stereocenters. The Bertz CT molecular complexity index is 491. The fraction of sp³-hybridized carbons (Fsp3) is 0.417. The average molecular weight is 231 g/mol. The van der Waals surface area contributed by atoms with Gasteiger partial charge in [-0.1, -0.05) is 24.3 Å². The normalized spacial score (nSPS) is 12.6. The van der Waals surface area contributed by atoms with Crippen LogP contribution in [0.25, 0.3) is 0 Å². The highest BCUT2D eigenvalue weighted by atomic mass is 15.6. The number of rotatable bonds is 4. The summed E-state index contributed by atoms with van der Waals surface area (Å²) in [5, 5.41) is 15.3. The second-order valence-electron chi connectivity index (χ2n) is 4.15. The SMILES string of the molecule is Cc1ccccc1[C@@H](C)NCc1nnn(C)n1. The minimum Gasteiger partial charge on any atom is -0.303 e. The molecule has 1 N–H and O–H groups in total. The third-order valence-electron chi connectivity index (χ3n) is 2.77. The van der Waals surface area contributed by atoms with Crippen LogP contribution in [-0.2, 0) is 13.6 Å². The van der Waals surface area contributed by atoms with E-state index >= 15 is 0 Å². The lowest BCUT2D eigenvalue weighted by atomic mass is 10.0. The lowest BCUT2D eigenvalue weighted by Crippen LogP contribution is -2.19. The first-order valence-corrected chi connectivity index (χ1v) is 5.68. The monoisotopic (exact) mass is 231 g/mol. The summed E-state index contributed by atoms with van der Waals surface area (Å²) < 4.78 is 0. The fourth-order valence-corrected chi connectivity index (χ4v) is 1.82. The van der Waals surface area contributed by atoms with Crippen molar-refractivity contribution in [3.8, 4) is 0 Å². The van der Waals surface area contributed by atoms with Crippen LogP contribution in [0.2, 0.25) is 0 Å². The number of nitrogens with one attached hydrogen (secondary N) is 1. The Kier molecular flexibility index (Phi) is 3.49.